The molecule has 0 aromatic carbocycles. The molecule has 0 aliphatic heterocycles. The molecular weight excluding hydrogens is 182 g/mol. The van der Waals surface area contributed by atoms with Gasteiger partial charge in [0.15, 0.2) is 0 Å². The van der Waals surface area contributed by atoms with Gasteiger partial charge in [0.25, 0.3) is 0 Å². The summed E-state index contributed by atoms with van der Waals surface area (Å²) in [6.07, 6.45) is 7.23. The summed E-state index contributed by atoms with van der Waals surface area (Å²) in [6, 6.07) is -0.101. The normalized spacial score (nSPS) is 18.0. The molecule has 0 spiro atoms. The fourth-order valence-corrected chi connectivity index (χ4v) is 1.34. The monoisotopic (exact) mass is 195 g/mol. The zero-order valence-electron chi connectivity index (χ0n) is 7.76. The minimum Gasteiger partial charge on any atom is -0.480 e. The van der Waals surface area contributed by atoms with Crippen LogP contribution in [-0.4, -0.2) is 32.7 Å². The van der Waals surface area contributed by atoms with E-state index in [0.29, 0.717) is 12.6 Å². The van der Waals surface area contributed by atoms with Crippen molar-refractivity contribution < 1.29 is 9.90 Å². The highest BCUT2D eigenvalue weighted by Gasteiger charge is 2.28. The van der Waals surface area contributed by atoms with Crippen LogP contribution in [0.2, 0.25) is 0 Å². The number of carboxylic acid groups (broad SMARTS) is 1. The molecule has 1 aliphatic rings. The first-order valence-electron chi connectivity index (χ1n) is 4.70. The molecule has 2 rings (SSSR count). The molecule has 1 unspecified atom stereocenters. The second kappa shape index (κ2) is 3.79. The molecule has 2 N–H and O–H groups in total. The minimum atomic E-state index is -0.800. The lowest BCUT2D eigenvalue weighted by atomic mass is 10.3. The summed E-state index contributed by atoms with van der Waals surface area (Å²) in [5.74, 6) is -0.800. The average Bonchev–Trinajstić information content (AvgIpc) is 2.80. The summed E-state index contributed by atoms with van der Waals surface area (Å²) in [6.45, 7) is 0.436. The number of carboxylic acids is 1. The lowest BCUT2D eigenvalue weighted by molar-refractivity contribution is -0.139. The third kappa shape index (κ3) is 2.32. The minimum absolute atomic E-state index is 0.402. The van der Waals surface area contributed by atoms with E-state index in [9.17, 15) is 4.79 Å². The number of nitrogens with one attached hydrogen (secondary N) is 1. The molecule has 5 heteroatoms. The Hall–Kier alpha value is -1.36. The molecule has 1 aromatic heterocycles. The van der Waals surface area contributed by atoms with E-state index >= 15 is 0 Å². The Morgan fingerprint density at radius 1 is 1.71 bits per heavy atom. The van der Waals surface area contributed by atoms with Crippen molar-refractivity contribution in [3.05, 3.63) is 18.7 Å². The van der Waals surface area contributed by atoms with Crippen molar-refractivity contribution in [3.63, 3.8) is 0 Å². The number of imidazole rings is 1. The molecule has 76 valence electrons. The van der Waals surface area contributed by atoms with E-state index in [2.05, 4.69) is 10.3 Å². The van der Waals surface area contributed by atoms with Gasteiger partial charge in [0.05, 0.1) is 6.33 Å². The lowest BCUT2D eigenvalue weighted by Gasteiger charge is -2.13. The van der Waals surface area contributed by atoms with Gasteiger partial charge in [-0.2, -0.15) is 0 Å². The topological polar surface area (TPSA) is 67.1 Å². The molecule has 0 radical (unpaired) electrons. The summed E-state index contributed by atoms with van der Waals surface area (Å²) >= 11 is 0. The zero-order chi connectivity index (χ0) is 9.97. The van der Waals surface area contributed by atoms with Gasteiger partial charge in [-0.3, -0.25) is 4.79 Å². The van der Waals surface area contributed by atoms with Gasteiger partial charge in [0, 0.05) is 25.0 Å². The molecule has 1 heterocycles. The summed E-state index contributed by atoms with van der Waals surface area (Å²) in [5, 5.41) is 12.0. The first kappa shape index (κ1) is 9.21. The van der Waals surface area contributed by atoms with Crippen LogP contribution in [-0.2, 0) is 11.3 Å². The standard InChI is InChI=1S/C9H13N3O2/c13-9(14)8(11-7-1-2-7)5-12-4-3-10-6-12/h3-4,6-8,11H,1-2,5H2,(H,13,14). The second-order valence-electron chi connectivity index (χ2n) is 3.59. The Morgan fingerprint density at radius 2 is 2.50 bits per heavy atom. The first-order valence-corrected chi connectivity index (χ1v) is 4.70. The fourth-order valence-electron chi connectivity index (χ4n) is 1.34. The largest absolute Gasteiger partial charge is 0.480 e. The Balaban J connectivity index is 1.92. The number of carbonyl (C=O) groups is 1. The molecule has 1 saturated carbocycles. The summed E-state index contributed by atoms with van der Waals surface area (Å²) in [7, 11) is 0. The number of aliphatic carboxylic acids is 1. The lowest BCUT2D eigenvalue weighted by Crippen LogP contribution is -2.41. The smallest absolute Gasteiger partial charge is 0.322 e. The molecule has 1 aliphatic carbocycles. The van der Waals surface area contributed by atoms with Crippen LogP contribution < -0.4 is 5.32 Å². The predicted octanol–water partition coefficient (Wildman–Crippen LogP) is 0.0883. The van der Waals surface area contributed by atoms with Crippen molar-refractivity contribution in [1.29, 1.82) is 0 Å². The van der Waals surface area contributed by atoms with Gasteiger partial charge in [-0.25, -0.2) is 4.98 Å². The zero-order valence-corrected chi connectivity index (χ0v) is 7.76. The van der Waals surface area contributed by atoms with Crippen LogP contribution >= 0.6 is 0 Å². The van der Waals surface area contributed by atoms with Crippen molar-refractivity contribution in [3.8, 4) is 0 Å². The molecule has 0 amide bonds. The van der Waals surface area contributed by atoms with Crippen LogP contribution in [0, 0.1) is 0 Å². The van der Waals surface area contributed by atoms with E-state index < -0.39 is 12.0 Å². The Bertz CT molecular complexity index is 306. The molecule has 1 aromatic rings. The third-order valence-corrected chi connectivity index (χ3v) is 2.26. The quantitative estimate of drug-likeness (QED) is 0.698. The highest BCUT2D eigenvalue weighted by molar-refractivity contribution is 5.73. The molecule has 1 atom stereocenters. The van der Waals surface area contributed by atoms with E-state index in [-0.39, 0.29) is 0 Å². The van der Waals surface area contributed by atoms with E-state index in [1.54, 1.807) is 23.3 Å². The summed E-state index contributed by atoms with van der Waals surface area (Å²) in [5.41, 5.74) is 0. The molecule has 0 bridgehead atoms. The van der Waals surface area contributed by atoms with Crippen molar-refractivity contribution in [2.45, 2.75) is 31.5 Å². The summed E-state index contributed by atoms with van der Waals surface area (Å²) in [4.78, 5) is 14.8. The molecule has 14 heavy (non-hydrogen) atoms. The number of nitrogens with zero attached hydrogens (tertiary/aromatic N) is 2. The third-order valence-electron chi connectivity index (χ3n) is 2.26. The molecule has 0 saturated heterocycles. The van der Waals surface area contributed by atoms with E-state index in [1.165, 1.54) is 0 Å². The van der Waals surface area contributed by atoms with Crippen LogP contribution in [0.25, 0.3) is 0 Å². The van der Waals surface area contributed by atoms with Crippen molar-refractivity contribution in [2.75, 3.05) is 0 Å². The Morgan fingerprint density at radius 3 is 3.00 bits per heavy atom. The van der Waals surface area contributed by atoms with Crippen LogP contribution in [0.15, 0.2) is 18.7 Å². The number of aromatic nitrogens is 2. The van der Waals surface area contributed by atoms with Gasteiger partial charge < -0.3 is 15.0 Å². The number of rotatable bonds is 5. The molecular formula is C9H13N3O2. The van der Waals surface area contributed by atoms with Gasteiger partial charge in [-0.1, -0.05) is 0 Å². The van der Waals surface area contributed by atoms with Crippen molar-refractivity contribution in [2.24, 2.45) is 0 Å². The van der Waals surface area contributed by atoms with E-state index in [4.69, 9.17) is 5.11 Å². The molecule has 5 nitrogen and oxygen atoms in total. The average molecular weight is 195 g/mol. The van der Waals surface area contributed by atoms with Gasteiger partial charge >= 0.3 is 5.97 Å². The SMILES string of the molecule is O=C(O)C(Cn1ccnc1)NC1CC1. The van der Waals surface area contributed by atoms with Gasteiger partial charge in [0.2, 0.25) is 0 Å². The van der Waals surface area contributed by atoms with Gasteiger partial charge in [-0.05, 0) is 12.8 Å². The van der Waals surface area contributed by atoms with E-state index in [0.717, 1.165) is 12.8 Å². The maximum absolute atomic E-state index is 10.9. The van der Waals surface area contributed by atoms with Gasteiger partial charge in [0.1, 0.15) is 6.04 Å². The highest BCUT2D eigenvalue weighted by Crippen LogP contribution is 2.19. The van der Waals surface area contributed by atoms with Crippen LogP contribution in [0.3, 0.4) is 0 Å². The van der Waals surface area contributed by atoms with Crippen LogP contribution in [0.1, 0.15) is 12.8 Å². The maximum Gasteiger partial charge on any atom is 0.322 e. The highest BCUT2D eigenvalue weighted by atomic mass is 16.4. The maximum atomic E-state index is 10.9. The van der Waals surface area contributed by atoms with Crippen LogP contribution in [0.4, 0.5) is 0 Å². The van der Waals surface area contributed by atoms with Crippen LogP contribution in [0.5, 0.6) is 0 Å². The van der Waals surface area contributed by atoms with Crippen molar-refractivity contribution >= 4 is 5.97 Å². The van der Waals surface area contributed by atoms with Crippen molar-refractivity contribution in [1.82, 2.24) is 14.9 Å². The first-order chi connectivity index (χ1) is 6.75. The Kier molecular flexibility index (Phi) is 2.49. The van der Waals surface area contributed by atoms with E-state index in [1.807, 2.05) is 0 Å². The fraction of sp³-hybridized carbons (Fsp3) is 0.556. The van der Waals surface area contributed by atoms with Gasteiger partial charge in [-0.15, -0.1) is 0 Å². The second-order valence-corrected chi connectivity index (χ2v) is 3.59. The summed E-state index contributed by atoms with van der Waals surface area (Å²) < 4.78 is 1.77. The Labute approximate surface area is 81.8 Å². The molecule has 1 fully saturated rings. The number of hydrogen-bond acceptors (Lipinski definition) is 3. The number of hydrogen-bond donors (Lipinski definition) is 2. The predicted molar refractivity (Wildman–Crippen MR) is 49.8 cm³/mol.